The van der Waals surface area contributed by atoms with Crippen molar-refractivity contribution in [2.24, 2.45) is 0 Å². The highest BCUT2D eigenvalue weighted by Crippen LogP contribution is 2.29. The molecule has 1 aliphatic rings. The van der Waals surface area contributed by atoms with Crippen molar-refractivity contribution in [3.63, 3.8) is 0 Å². The van der Waals surface area contributed by atoms with Crippen LogP contribution >= 0.6 is 0 Å². The summed E-state index contributed by atoms with van der Waals surface area (Å²) < 4.78 is 14.4. The van der Waals surface area contributed by atoms with E-state index in [1.165, 1.54) is 33.7 Å². The van der Waals surface area contributed by atoms with Crippen LogP contribution < -0.4 is 10.5 Å². The summed E-state index contributed by atoms with van der Waals surface area (Å²) in [5.41, 5.74) is 0.763. The Hall–Kier alpha value is -3.02. The Balaban J connectivity index is 1.97. The number of fused-ring (bicyclic) bond motifs is 2. The van der Waals surface area contributed by atoms with Gasteiger partial charge in [-0.05, 0) is 36.4 Å². The summed E-state index contributed by atoms with van der Waals surface area (Å²) in [5.74, 6) is -0.397. The first kappa shape index (κ1) is 12.7. The van der Waals surface area contributed by atoms with Gasteiger partial charge in [0.05, 0.1) is 16.6 Å². The Bertz CT molecular complexity index is 963. The zero-order valence-corrected chi connectivity index (χ0v) is 11.4. The van der Waals surface area contributed by atoms with Crippen molar-refractivity contribution in [1.29, 1.82) is 0 Å². The molecular formula is C16H10FN3O2. The van der Waals surface area contributed by atoms with Gasteiger partial charge in [-0.15, -0.1) is 0 Å². The second-order valence-electron chi connectivity index (χ2n) is 5.03. The molecule has 1 aromatic heterocycles. The number of rotatable bonds is 1. The molecule has 0 bridgehead atoms. The Labute approximate surface area is 124 Å². The van der Waals surface area contributed by atoms with Crippen molar-refractivity contribution >= 4 is 28.4 Å². The van der Waals surface area contributed by atoms with E-state index in [1.54, 1.807) is 24.3 Å². The van der Waals surface area contributed by atoms with Crippen LogP contribution in [0.4, 0.5) is 16.0 Å². The second kappa shape index (κ2) is 4.49. The fourth-order valence-corrected chi connectivity index (χ4v) is 2.64. The van der Waals surface area contributed by atoms with Gasteiger partial charge in [-0.3, -0.25) is 14.2 Å². The predicted molar refractivity (Wildman–Crippen MR) is 79.5 cm³/mol. The SMILES string of the molecule is O=C1Cn2c(nc3ccccc3c2=O)N1c1ccc(F)cc1. The van der Waals surface area contributed by atoms with Crippen LogP contribution in [0.5, 0.6) is 0 Å². The van der Waals surface area contributed by atoms with E-state index >= 15 is 0 Å². The molecule has 1 aliphatic heterocycles. The summed E-state index contributed by atoms with van der Waals surface area (Å²) in [6.07, 6.45) is 0. The van der Waals surface area contributed by atoms with E-state index in [4.69, 9.17) is 0 Å². The lowest BCUT2D eigenvalue weighted by Crippen LogP contribution is -2.21. The molecule has 3 aromatic rings. The van der Waals surface area contributed by atoms with Gasteiger partial charge in [0.15, 0.2) is 0 Å². The van der Waals surface area contributed by atoms with Crippen molar-refractivity contribution in [2.45, 2.75) is 6.54 Å². The van der Waals surface area contributed by atoms with Gasteiger partial charge < -0.3 is 0 Å². The molecule has 2 aromatic carbocycles. The van der Waals surface area contributed by atoms with Crippen molar-refractivity contribution in [1.82, 2.24) is 9.55 Å². The highest BCUT2D eigenvalue weighted by Gasteiger charge is 2.31. The van der Waals surface area contributed by atoms with Crippen LogP contribution in [0.3, 0.4) is 0 Å². The van der Waals surface area contributed by atoms with Gasteiger partial charge in [0.1, 0.15) is 12.4 Å². The largest absolute Gasteiger partial charge is 0.272 e. The molecule has 6 heteroatoms. The number of aromatic nitrogens is 2. The summed E-state index contributed by atoms with van der Waals surface area (Å²) >= 11 is 0. The lowest BCUT2D eigenvalue weighted by molar-refractivity contribution is -0.117. The third-order valence-electron chi connectivity index (χ3n) is 3.67. The zero-order chi connectivity index (χ0) is 15.3. The van der Waals surface area contributed by atoms with Crippen LogP contribution in [0.2, 0.25) is 0 Å². The van der Waals surface area contributed by atoms with Crippen LogP contribution in [0.15, 0.2) is 53.3 Å². The number of para-hydroxylation sites is 1. The summed E-state index contributed by atoms with van der Waals surface area (Å²) in [5, 5.41) is 0.472. The Morgan fingerprint density at radius 3 is 2.50 bits per heavy atom. The van der Waals surface area contributed by atoms with Gasteiger partial charge in [-0.1, -0.05) is 12.1 Å². The molecule has 0 N–H and O–H groups in total. The molecule has 1 amide bonds. The molecule has 0 atom stereocenters. The minimum atomic E-state index is -0.390. The van der Waals surface area contributed by atoms with Crippen LogP contribution in [0.25, 0.3) is 10.9 Å². The average molecular weight is 295 g/mol. The number of anilines is 2. The summed E-state index contributed by atoms with van der Waals surface area (Å²) in [7, 11) is 0. The first-order valence-electron chi connectivity index (χ1n) is 6.73. The van der Waals surface area contributed by atoms with Gasteiger partial charge in [0.25, 0.3) is 11.5 Å². The maximum atomic E-state index is 13.1. The Kier molecular flexibility index (Phi) is 2.59. The predicted octanol–water partition coefficient (Wildman–Crippen LogP) is 2.21. The van der Waals surface area contributed by atoms with Gasteiger partial charge in [0.2, 0.25) is 5.95 Å². The number of nitrogens with zero attached hydrogens (tertiary/aromatic N) is 3. The van der Waals surface area contributed by atoms with E-state index in [-0.39, 0.29) is 29.8 Å². The Morgan fingerprint density at radius 1 is 1.00 bits per heavy atom. The molecule has 4 rings (SSSR count). The van der Waals surface area contributed by atoms with E-state index < -0.39 is 0 Å². The first-order valence-corrected chi connectivity index (χ1v) is 6.73. The summed E-state index contributed by atoms with van der Waals surface area (Å²) in [6, 6.07) is 12.5. The van der Waals surface area contributed by atoms with Crippen LogP contribution in [0, 0.1) is 5.82 Å². The molecule has 0 radical (unpaired) electrons. The third kappa shape index (κ3) is 1.74. The minimum Gasteiger partial charge on any atom is -0.272 e. The molecule has 0 aliphatic carbocycles. The van der Waals surface area contributed by atoms with Gasteiger partial charge >= 0.3 is 0 Å². The lowest BCUT2D eigenvalue weighted by Gasteiger charge is -2.15. The number of carbonyl (C=O) groups is 1. The smallest absolute Gasteiger partial charge is 0.263 e. The molecule has 2 heterocycles. The maximum absolute atomic E-state index is 13.1. The molecule has 0 spiro atoms. The quantitative estimate of drug-likeness (QED) is 0.691. The topological polar surface area (TPSA) is 55.2 Å². The number of hydrogen-bond donors (Lipinski definition) is 0. The van der Waals surface area contributed by atoms with Crippen molar-refractivity contribution in [3.8, 4) is 0 Å². The molecule has 0 fully saturated rings. The van der Waals surface area contributed by atoms with E-state index in [0.29, 0.717) is 16.6 Å². The van der Waals surface area contributed by atoms with Crippen molar-refractivity contribution in [2.75, 3.05) is 4.90 Å². The van der Waals surface area contributed by atoms with Gasteiger partial charge in [0, 0.05) is 0 Å². The first-order chi connectivity index (χ1) is 10.6. The standard InChI is InChI=1S/C16H10FN3O2/c17-10-5-7-11(8-6-10)20-14(21)9-19-15(22)12-3-1-2-4-13(12)18-16(19)20/h1-8H,9H2. The van der Waals surface area contributed by atoms with Crippen LogP contribution in [0.1, 0.15) is 0 Å². The molecule has 108 valence electrons. The highest BCUT2D eigenvalue weighted by molar-refractivity contribution is 6.02. The van der Waals surface area contributed by atoms with E-state index in [9.17, 15) is 14.0 Å². The normalized spacial score (nSPS) is 13.7. The van der Waals surface area contributed by atoms with Crippen molar-refractivity contribution in [3.05, 3.63) is 64.7 Å². The fourth-order valence-electron chi connectivity index (χ4n) is 2.64. The van der Waals surface area contributed by atoms with Crippen molar-refractivity contribution < 1.29 is 9.18 Å². The molecule has 0 saturated heterocycles. The number of carbonyl (C=O) groups excluding carboxylic acids is 1. The monoisotopic (exact) mass is 295 g/mol. The van der Waals surface area contributed by atoms with E-state index in [0.717, 1.165) is 0 Å². The minimum absolute atomic E-state index is 0.0661. The molecule has 5 nitrogen and oxygen atoms in total. The molecular weight excluding hydrogens is 285 g/mol. The highest BCUT2D eigenvalue weighted by atomic mass is 19.1. The van der Waals surface area contributed by atoms with E-state index in [1.807, 2.05) is 0 Å². The number of hydrogen-bond acceptors (Lipinski definition) is 3. The fraction of sp³-hybridized carbons (Fsp3) is 0.0625. The average Bonchev–Trinajstić information content (AvgIpc) is 2.85. The van der Waals surface area contributed by atoms with Crippen LogP contribution in [-0.2, 0) is 11.3 Å². The maximum Gasteiger partial charge on any atom is 0.263 e. The second-order valence-corrected chi connectivity index (χ2v) is 5.03. The van der Waals surface area contributed by atoms with E-state index in [2.05, 4.69) is 4.98 Å². The zero-order valence-electron chi connectivity index (χ0n) is 11.4. The third-order valence-corrected chi connectivity index (χ3v) is 3.67. The Morgan fingerprint density at radius 2 is 1.73 bits per heavy atom. The molecule has 0 unspecified atom stereocenters. The molecule has 22 heavy (non-hydrogen) atoms. The van der Waals surface area contributed by atoms with Gasteiger partial charge in [-0.25, -0.2) is 14.3 Å². The number of halogens is 1. The number of benzene rings is 2. The summed E-state index contributed by atoms with van der Waals surface area (Å²) in [6.45, 7) is -0.0661. The van der Waals surface area contributed by atoms with Crippen LogP contribution in [-0.4, -0.2) is 15.5 Å². The van der Waals surface area contributed by atoms with Gasteiger partial charge in [-0.2, -0.15) is 0 Å². The lowest BCUT2D eigenvalue weighted by atomic mass is 10.2. The molecule has 0 saturated carbocycles. The number of amides is 1. The summed E-state index contributed by atoms with van der Waals surface area (Å²) in [4.78, 5) is 30.5.